The highest BCUT2D eigenvalue weighted by molar-refractivity contribution is 7.88. The van der Waals surface area contributed by atoms with Gasteiger partial charge in [-0.3, -0.25) is 4.79 Å². The van der Waals surface area contributed by atoms with Crippen molar-refractivity contribution in [3.8, 4) is 5.82 Å². The van der Waals surface area contributed by atoms with Crippen molar-refractivity contribution in [1.82, 2.24) is 29.6 Å². The zero-order valence-corrected chi connectivity index (χ0v) is 19.9. The van der Waals surface area contributed by atoms with E-state index in [0.29, 0.717) is 17.3 Å². The Balaban J connectivity index is 1.41. The quantitative estimate of drug-likeness (QED) is 0.709. The second-order valence-electron chi connectivity index (χ2n) is 11.0. The zero-order chi connectivity index (χ0) is 22.9. The zero-order valence-electron chi connectivity index (χ0n) is 19.1. The van der Waals surface area contributed by atoms with E-state index < -0.39 is 10.0 Å². The van der Waals surface area contributed by atoms with Gasteiger partial charge in [0, 0.05) is 24.0 Å². The summed E-state index contributed by atoms with van der Waals surface area (Å²) in [5, 5.41) is 12.2. The number of hydrogen-bond donors (Lipinski definition) is 2. The van der Waals surface area contributed by atoms with Crippen LogP contribution in [0.2, 0.25) is 0 Å². The van der Waals surface area contributed by atoms with Crippen molar-refractivity contribution in [2.75, 3.05) is 6.26 Å². The monoisotopic (exact) mass is 460 g/mol. The Morgan fingerprint density at radius 3 is 2.41 bits per heavy atom. The molecule has 2 aromatic rings. The Bertz CT molecular complexity index is 1120. The molecule has 0 aromatic carbocycles. The van der Waals surface area contributed by atoms with Crippen LogP contribution in [-0.4, -0.2) is 51.7 Å². The van der Waals surface area contributed by atoms with Gasteiger partial charge in [-0.05, 0) is 76.7 Å². The molecule has 4 aliphatic rings. The van der Waals surface area contributed by atoms with E-state index in [-0.39, 0.29) is 34.9 Å². The van der Waals surface area contributed by atoms with Crippen LogP contribution in [0.3, 0.4) is 0 Å². The summed E-state index contributed by atoms with van der Waals surface area (Å²) in [5.41, 5.74) is -0.157. The van der Waals surface area contributed by atoms with E-state index >= 15 is 0 Å². The molecule has 4 bridgehead atoms. The lowest BCUT2D eigenvalue weighted by Gasteiger charge is -2.59. The molecule has 0 aliphatic heterocycles. The predicted octanol–water partition coefficient (Wildman–Crippen LogP) is 2.05. The van der Waals surface area contributed by atoms with Crippen molar-refractivity contribution in [3.63, 3.8) is 0 Å². The van der Waals surface area contributed by atoms with E-state index in [9.17, 15) is 13.2 Å². The topological polar surface area (TPSA) is 111 Å². The van der Waals surface area contributed by atoms with Gasteiger partial charge in [0.25, 0.3) is 5.91 Å². The SMILES string of the molecule is CC(C)(C)n1ncc(C(=O)NC2[C@@H]3CC4C[C@H]2CC(NS(C)(=O)=O)(C4)C3)c1-n1cccn1. The molecule has 2 aromatic heterocycles. The van der Waals surface area contributed by atoms with Gasteiger partial charge in [0.2, 0.25) is 10.0 Å². The highest BCUT2D eigenvalue weighted by Gasteiger charge is 2.56. The highest BCUT2D eigenvalue weighted by atomic mass is 32.2. The number of hydrogen-bond acceptors (Lipinski definition) is 5. The Kier molecular flexibility index (Phi) is 4.83. The summed E-state index contributed by atoms with van der Waals surface area (Å²) in [6.07, 6.45) is 10.9. The molecule has 32 heavy (non-hydrogen) atoms. The average molecular weight is 461 g/mol. The summed E-state index contributed by atoms with van der Waals surface area (Å²) in [4.78, 5) is 13.5. The minimum atomic E-state index is -3.27. The van der Waals surface area contributed by atoms with Gasteiger partial charge in [-0.15, -0.1) is 0 Å². The molecule has 1 amide bonds. The lowest BCUT2D eigenvalue weighted by atomic mass is 9.51. The van der Waals surface area contributed by atoms with Crippen LogP contribution >= 0.6 is 0 Å². The third kappa shape index (κ3) is 3.77. The molecule has 5 atom stereocenters. The van der Waals surface area contributed by atoms with E-state index in [0.717, 1.165) is 32.1 Å². The van der Waals surface area contributed by atoms with Crippen LogP contribution in [0.5, 0.6) is 0 Å². The van der Waals surface area contributed by atoms with Crippen LogP contribution in [0.25, 0.3) is 5.82 Å². The lowest BCUT2D eigenvalue weighted by Crippen LogP contribution is -2.66. The van der Waals surface area contributed by atoms with Gasteiger partial charge in [0.1, 0.15) is 5.56 Å². The van der Waals surface area contributed by atoms with Crippen molar-refractivity contribution in [3.05, 3.63) is 30.2 Å². The van der Waals surface area contributed by atoms with Gasteiger partial charge >= 0.3 is 0 Å². The first-order valence-electron chi connectivity index (χ1n) is 11.3. The maximum atomic E-state index is 13.5. The minimum absolute atomic E-state index is 0.0528. The molecular formula is C22H32N6O3S. The van der Waals surface area contributed by atoms with Gasteiger partial charge in [0.15, 0.2) is 5.82 Å². The maximum absolute atomic E-state index is 13.5. The Hall–Kier alpha value is -2.20. The molecule has 0 saturated heterocycles. The predicted molar refractivity (Wildman–Crippen MR) is 120 cm³/mol. The number of sulfonamides is 1. The third-order valence-electron chi connectivity index (χ3n) is 7.32. The molecule has 9 nitrogen and oxygen atoms in total. The van der Waals surface area contributed by atoms with E-state index in [4.69, 9.17) is 0 Å². The Labute approximate surface area is 189 Å². The van der Waals surface area contributed by atoms with E-state index in [2.05, 4.69) is 20.2 Å². The Morgan fingerprint density at radius 2 is 1.84 bits per heavy atom. The molecule has 2 heterocycles. The summed E-state index contributed by atoms with van der Waals surface area (Å²) < 4.78 is 30.5. The number of aromatic nitrogens is 4. The fraction of sp³-hybridized carbons (Fsp3) is 0.682. The summed E-state index contributed by atoms with van der Waals surface area (Å²) >= 11 is 0. The minimum Gasteiger partial charge on any atom is -0.349 e. The average Bonchev–Trinajstić information content (AvgIpc) is 3.30. The number of nitrogens with zero attached hydrogens (tertiary/aromatic N) is 4. The van der Waals surface area contributed by atoms with Crippen LogP contribution in [0.1, 0.15) is 63.2 Å². The van der Waals surface area contributed by atoms with E-state index in [1.165, 1.54) is 6.26 Å². The second kappa shape index (κ2) is 7.15. The van der Waals surface area contributed by atoms with Crippen molar-refractivity contribution in [2.45, 2.75) is 70.0 Å². The van der Waals surface area contributed by atoms with E-state index in [1.54, 1.807) is 17.1 Å². The van der Waals surface area contributed by atoms with Crippen LogP contribution in [-0.2, 0) is 15.6 Å². The van der Waals surface area contributed by atoms with Crippen molar-refractivity contribution >= 4 is 15.9 Å². The van der Waals surface area contributed by atoms with Crippen LogP contribution in [0.4, 0.5) is 0 Å². The van der Waals surface area contributed by atoms with Crippen molar-refractivity contribution in [2.24, 2.45) is 17.8 Å². The number of nitrogens with one attached hydrogen (secondary N) is 2. The van der Waals surface area contributed by atoms with Gasteiger partial charge in [-0.1, -0.05) is 0 Å². The molecule has 6 rings (SSSR count). The molecule has 10 heteroatoms. The number of carbonyl (C=O) groups excluding carboxylic acids is 1. The van der Waals surface area contributed by atoms with Crippen LogP contribution in [0.15, 0.2) is 24.7 Å². The molecule has 2 N–H and O–H groups in total. The molecule has 4 saturated carbocycles. The number of carbonyl (C=O) groups is 1. The van der Waals surface area contributed by atoms with Crippen LogP contribution in [0, 0.1) is 17.8 Å². The second-order valence-corrected chi connectivity index (χ2v) is 12.8. The molecule has 174 valence electrons. The number of amides is 1. The van der Waals surface area contributed by atoms with Gasteiger partial charge in [-0.25, -0.2) is 22.5 Å². The summed E-state index contributed by atoms with van der Waals surface area (Å²) in [6, 6.07) is 1.88. The molecule has 4 fully saturated rings. The fourth-order valence-corrected chi connectivity index (χ4v) is 7.65. The van der Waals surface area contributed by atoms with Crippen LogP contribution < -0.4 is 10.0 Å². The molecule has 0 radical (unpaired) electrons. The molecule has 3 unspecified atom stereocenters. The molecule has 4 aliphatic carbocycles. The van der Waals surface area contributed by atoms with Gasteiger partial charge in [-0.2, -0.15) is 10.2 Å². The third-order valence-corrected chi connectivity index (χ3v) is 8.12. The largest absolute Gasteiger partial charge is 0.349 e. The summed E-state index contributed by atoms with van der Waals surface area (Å²) in [7, 11) is -3.27. The van der Waals surface area contributed by atoms with E-state index in [1.807, 2.05) is 37.7 Å². The molecular weight excluding hydrogens is 428 g/mol. The lowest BCUT2D eigenvalue weighted by molar-refractivity contribution is -0.0347. The fourth-order valence-electron chi connectivity index (χ4n) is 6.62. The smallest absolute Gasteiger partial charge is 0.256 e. The molecule has 0 spiro atoms. The summed E-state index contributed by atoms with van der Waals surface area (Å²) in [6.45, 7) is 6.13. The maximum Gasteiger partial charge on any atom is 0.256 e. The highest BCUT2D eigenvalue weighted by Crippen LogP contribution is 2.56. The summed E-state index contributed by atoms with van der Waals surface area (Å²) in [5.74, 6) is 1.60. The van der Waals surface area contributed by atoms with Gasteiger partial charge < -0.3 is 5.32 Å². The number of rotatable bonds is 5. The Morgan fingerprint density at radius 1 is 1.16 bits per heavy atom. The van der Waals surface area contributed by atoms with Crippen molar-refractivity contribution < 1.29 is 13.2 Å². The standard InChI is InChI=1S/C22H32N6O3S/c1-21(2,3)28-20(27-7-5-6-23-27)17(13-24-28)19(29)25-18-15-8-14-9-16(18)12-22(10-14,11-15)26-32(4,30)31/h5-7,13-16,18,26H,8-12H2,1-4H3,(H,25,29)/t14?,15-,16+,18?,22?. The normalized spacial score (nSPS) is 31.8. The first kappa shape index (κ1) is 21.6. The van der Waals surface area contributed by atoms with Crippen molar-refractivity contribution in [1.29, 1.82) is 0 Å². The van der Waals surface area contributed by atoms with Gasteiger partial charge in [0.05, 0.1) is 18.0 Å². The first-order valence-corrected chi connectivity index (χ1v) is 13.2. The first-order chi connectivity index (χ1) is 14.9.